The third kappa shape index (κ3) is 3.08. The number of carboxylic acid groups (broad SMARTS) is 1. The van der Waals surface area contributed by atoms with Gasteiger partial charge >= 0.3 is 5.97 Å². The van der Waals surface area contributed by atoms with Crippen molar-refractivity contribution in [1.82, 2.24) is 10.3 Å². The van der Waals surface area contributed by atoms with E-state index >= 15 is 0 Å². The molecule has 0 saturated heterocycles. The molecule has 3 N–H and O–H groups in total. The Kier molecular flexibility index (Phi) is 4.10. The topological polar surface area (TPSA) is 82.2 Å². The maximum Gasteiger partial charge on any atom is 0.312 e. The van der Waals surface area contributed by atoms with Crippen molar-refractivity contribution >= 4 is 22.8 Å². The lowest BCUT2D eigenvalue weighted by atomic mass is 9.99. The van der Waals surface area contributed by atoms with Crippen LogP contribution in [-0.4, -0.2) is 28.5 Å². The first kappa shape index (κ1) is 14.8. The first-order chi connectivity index (χ1) is 11.2. The van der Waals surface area contributed by atoms with E-state index in [0.29, 0.717) is 11.1 Å². The number of H-pyrrole nitrogens is 1. The Labute approximate surface area is 133 Å². The molecule has 2 aromatic carbocycles. The molecule has 0 aliphatic carbocycles. The Balaban J connectivity index is 1.77. The van der Waals surface area contributed by atoms with Crippen LogP contribution in [0, 0.1) is 0 Å². The minimum atomic E-state index is -0.962. The number of rotatable bonds is 5. The molecule has 0 unspecified atom stereocenters. The van der Waals surface area contributed by atoms with Gasteiger partial charge in [-0.1, -0.05) is 36.4 Å². The minimum absolute atomic E-state index is 0.0407. The number of aromatic nitrogens is 1. The van der Waals surface area contributed by atoms with Gasteiger partial charge in [0.2, 0.25) is 0 Å². The van der Waals surface area contributed by atoms with E-state index in [1.807, 2.05) is 18.2 Å². The maximum atomic E-state index is 12.4. The summed E-state index contributed by atoms with van der Waals surface area (Å²) in [4.78, 5) is 26.9. The molecule has 0 spiro atoms. The maximum absolute atomic E-state index is 12.4. The lowest BCUT2D eigenvalue weighted by molar-refractivity contribution is -0.138. The van der Waals surface area contributed by atoms with Gasteiger partial charge in [-0.3, -0.25) is 9.59 Å². The summed E-state index contributed by atoms with van der Waals surface area (Å²) in [6, 6.07) is 16.1. The largest absolute Gasteiger partial charge is 0.481 e. The molecule has 1 amide bonds. The van der Waals surface area contributed by atoms with Crippen molar-refractivity contribution in [2.24, 2.45) is 0 Å². The average molecular weight is 308 g/mol. The first-order valence-corrected chi connectivity index (χ1v) is 7.29. The van der Waals surface area contributed by atoms with Crippen molar-refractivity contribution in [3.63, 3.8) is 0 Å². The van der Waals surface area contributed by atoms with Crippen LogP contribution in [0.5, 0.6) is 0 Å². The molecule has 0 fully saturated rings. The summed E-state index contributed by atoms with van der Waals surface area (Å²) in [5.74, 6) is -2.01. The zero-order valence-corrected chi connectivity index (χ0v) is 12.3. The van der Waals surface area contributed by atoms with Gasteiger partial charge in [0.05, 0.1) is 5.92 Å². The van der Waals surface area contributed by atoms with Crippen molar-refractivity contribution in [2.75, 3.05) is 6.54 Å². The first-order valence-electron chi connectivity index (χ1n) is 7.29. The molecule has 116 valence electrons. The molecule has 1 aromatic heterocycles. The summed E-state index contributed by atoms with van der Waals surface area (Å²) in [5.41, 5.74) is 2.07. The lowest BCUT2D eigenvalue weighted by Gasteiger charge is -2.14. The Hall–Kier alpha value is -3.08. The second-order valence-electron chi connectivity index (χ2n) is 5.26. The molecule has 0 bridgehead atoms. The molecular weight excluding hydrogens is 292 g/mol. The molecule has 0 saturated carbocycles. The number of nitrogens with one attached hydrogen (secondary N) is 2. The van der Waals surface area contributed by atoms with Crippen LogP contribution in [0.4, 0.5) is 0 Å². The van der Waals surface area contributed by atoms with E-state index in [1.54, 1.807) is 42.6 Å². The van der Waals surface area contributed by atoms with E-state index in [4.69, 9.17) is 0 Å². The van der Waals surface area contributed by atoms with Crippen LogP contribution >= 0.6 is 0 Å². The fourth-order valence-electron chi connectivity index (χ4n) is 2.61. The second kappa shape index (κ2) is 6.36. The van der Waals surface area contributed by atoms with E-state index in [9.17, 15) is 14.7 Å². The summed E-state index contributed by atoms with van der Waals surface area (Å²) in [7, 11) is 0. The number of aliphatic carboxylic acids is 1. The summed E-state index contributed by atoms with van der Waals surface area (Å²) >= 11 is 0. The molecule has 23 heavy (non-hydrogen) atoms. The number of amides is 1. The number of carbonyl (C=O) groups excluding carboxylic acids is 1. The van der Waals surface area contributed by atoms with Crippen LogP contribution in [0.15, 0.2) is 60.8 Å². The van der Waals surface area contributed by atoms with Crippen molar-refractivity contribution < 1.29 is 14.7 Å². The lowest BCUT2D eigenvalue weighted by Crippen LogP contribution is -2.31. The summed E-state index contributed by atoms with van der Waals surface area (Å²) in [6.45, 7) is 0.0407. The smallest absolute Gasteiger partial charge is 0.312 e. The fraction of sp³-hybridized carbons (Fsp3) is 0.111. The van der Waals surface area contributed by atoms with Crippen LogP contribution in [0.1, 0.15) is 21.8 Å². The Morgan fingerprint density at radius 3 is 2.57 bits per heavy atom. The van der Waals surface area contributed by atoms with Crippen LogP contribution in [0.3, 0.4) is 0 Å². The van der Waals surface area contributed by atoms with Crippen molar-refractivity contribution in [3.05, 3.63) is 71.9 Å². The van der Waals surface area contributed by atoms with Gasteiger partial charge in [-0.2, -0.15) is 0 Å². The number of hydrogen-bond donors (Lipinski definition) is 3. The Morgan fingerprint density at radius 2 is 1.83 bits per heavy atom. The van der Waals surface area contributed by atoms with Gasteiger partial charge in [0.1, 0.15) is 0 Å². The van der Waals surface area contributed by atoms with Crippen LogP contribution < -0.4 is 5.32 Å². The molecule has 0 aliphatic heterocycles. The zero-order valence-electron chi connectivity index (χ0n) is 12.3. The Bertz CT molecular complexity index is 840. The van der Waals surface area contributed by atoms with Gasteiger partial charge in [0.15, 0.2) is 0 Å². The molecule has 5 heteroatoms. The number of carbonyl (C=O) groups is 2. The molecule has 1 heterocycles. The molecule has 0 radical (unpaired) electrons. The van der Waals surface area contributed by atoms with Crippen molar-refractivity contribution in [1.29, 1.82) is 0 Å². The Morgan fingerprint density at radius 1 is 1.04 bits per heavy atom. The fourth-order valence-corrected chi connectivity index (χ4v) is 2.61. The highest BCUT2D eigenvalue weighted by Crippen LogP contribution is 2.18. The van der Waals surface area contributed by atoms with E-state index in [0.717, 1.165) is 10.9 Å². The molecule has 3 aromatic rings. The van der Waals surface area contributed by atoms with E-state index in [1.165, 1.54) is 0 Å². The quantitative estimate of drug-likeness (QED) is 0.678. The third-order valence-corrected chi connectivity index (χ3v) is 3.81. The standard InChI is InChI=1S/C18H16N2O3/c21-17(14-7-4-8-16-13(14)9-10-19-16)20-11-15(18(22)23)12-5-2-1-3-6-12/h1-10,15,19H,11H2,(H,20,21)(H,22,23)/t15-/m1/s1. The van der Waals surface area contributed by atoms with Gasteiger partial charge < -0.3 is 15.4 Å². The predicted octanol–water partition coefficient (Wildman–Crippen LogP) is 2.77. The number of benzene rings is 2. The van der Waals surface area contributed by atoms with Crippen LogP contribution in [-0.2, 0) is 4.79 Å². The minimum Gasteiger partial charge on any atom is -0.481 e. The third-order valence-electron chi connectivity index (χ3n) is 3.81. The molecule has 1 atom stereocenters. The van der Waals surface area contributed by atoms with E-state index < -0.39 is 11.9 Å². The monoisotopic (exact) mass is 308 g/mol. The second-order valence-corrected chi connectivity index (χ2v) is 5.26. The number of fused-ring (bicyclic) bond motifs is 1. The molecule has 5 nitrogen and oxygen atoms in total. The number of aromatic amines is 1. The SMILES string of the molecule is O=C(NC[C@@H](C(=O)O)c1ccccc1)c1cccc2[nH]ccc12. The van der Waals surface area contributed by atoms with Crippen LogP contribution in [0.25, 0.3) is 10.9 Å². The van der Waals surface area contributed by atoms with Crippen molar-refractivity contribution in [2.45, 2.75) is 5.92 Å². The predicted molar refractivity (Wildman–Crippen MR) is 87.5 cm³/mol. The molecule has 3 rings (SSSR count). The van der Waals surface area contributed by atoms with Gasteiger partial charge in [-0.25, -0.2) is 0 Å². The van der Waals surface area contributed by atoms with Crippen LogP contribution in [0.2, 0.25) is 0 Å². The van der Waals surface area contributed by atoms with E-state index in [-0.39, 0.29) is 12.5 Å². The summed E-state index contributed by atoms with van der Waals surface area (Å²) in [5, 5.41) is 12.9. The highest BCUT2D eigenvalue weighted by Gasteiger charge is 2.21. The van der Waals surface area contributed by atoms with Gasteiger partial charge in [0, 0.05) is 29.2 Å². The molecular formula is C18H16N2O3. The average Bonchev–Trinajstić information content (AvgIpc) is 3.04. The zero-order chi connectivity index (χ0) is 16.2. The van der Waals surface area contributed by atoms with Gasteiger partial charge in [0.25, 0.3) is 5.91 Å². The van der Waals surface area contributed by atoms with Gasteiger partial charge in [-0.15, -0.1) is 0 Å². The summed E-state index contributed by atoms with van der Waals surface area (Å²) < 4.78 is 0. The van der Waals surface area contributed by atoms with Gasteiger partial charge in [-0.05, 0) is 23.8 Å². The highest BCUT2D eigenvalue weighted by molar-refractivity contribution is 6.06. The van der Waals surface area contributed by atoms with E-state index in [2.05, 4.69) is 10.3 Å². The molecule has 0 aliphatic rings. The normalized spacial score (nSPS) is 12.0. The number of carboxylic acids is 1. The van der Waals surface area contributed by atoms with Crippen molar-refractivity contribution in [3.8, 4) is 0 Å². The summed E-state index contributed by atoms with van der Waals surface area (Å²) in [6.07, 6.45) is 1.77. The number of hydrogen-bond acceptors (Lipinski definition) is 2. The highest BCUT2D eigenvalue weighted by atomic mass is 16.4.